The van der Waals surface area contributed by atoms with E-state index in [2.05, 4.69) is 33.9 Å². The Balaban J connectivity index is 2.92. The molecule has 0 bridgehead atoms. The molecule has 1 rings (SSSR count). The van der Waals surface area contributed by atoms with Gasteiger partial charge in [0.2, 0.25) is 0 Å². The topological polar surface area (TPSA) is 35.2 Å². The number of rotatable bonds is 5. The summed E-state index contributed by atoms with van der Waals surface area (Å²) >= 11 is 12.5. The molecule has 0 saturated heterocycles. The van der Waals surface area contributed by atoms with Crippen LogP contribution in [-0.4, -0.2) is 14.9 Å². The van der Waals surface area contributed by atoms with E-state index in [0.29, 0.717) is 23.2 Å². The summed E-state index contributed by atoms with van der Waals surface area (Å²) in [5.41, 5.74) is 7.66. The minimum atomic E-state index is -1.79. The van der Waals surface area contributed by atoms with Crippen molar-refractivity contribution in [2.24, 2.45) is 5.73 Å². The lowest BCUT2D eigenvalue weighted by molar-refractivity contribution is 0.276. The maximum atomic E-state index is 6.28. The highest BCUT2D eigenvalue weighted by atomic mass is 35.5. The number of hydrogen-bond donors (Lipinski definition) is 1. The molecule has 0 spiro atoms. The van der Waals surface area contributed by atoms with Crippen LogP contribution in [-0.2, 0) is 17.5 Å². The van der Waals surface area contributed by atoms with Gasteiger partial charge in [-0.15, -0.1) is 0 Å². The molecule has 2 N–H and O–H groups in total. The largest absolute Gasteiger partial charge is 0.413 e. The van der Waals surface area contributed by atoms with Crippen LogP contribution >= 0.6 is 23.2 Å². The second-order valence-electron chi connectivity index (χ2n) is 6.64. The summed E-state index contributed by atoms with van der Waals surface area (Å²) in [6, 6.07) is 3.93. The van der Waals surface area contributed by atoms with E-state index < -0.39 is 8.32 Å². The molecule has 0 heterocycles. The van der Waals surface area contributed by atoms with Gasteiger partial charge < -0.3 is 10.2 Å². The second kappa shape index (κ2) is 6.80. The Bertz CT molecular complexity index is 470. The van der Waals surface area contributed by atoms with Crippen molar-refractivity contribution in [3.63, 3.8) is 0 Å². The van der Waals surface area contributed by atoms with Crippen LogP contribution in [0.5, 0.6) is 0 Å². The van der Waals surface area contributed by atoms with Crippen molar-refractivity contribution >= 4 is 31.5 Å². The van der Waals surface area contributed by atoms with E-state index in [4.69, 9.17) is 33.4 Å². The molecule has 0 saturated carbocycles. The summed E-state index contributed by atoms with van der Waals surface area (Å²) in [6.07, 6.45) is 0.796. The number of hydrogen-bond acceptors (Lipinski definition) is 2. The lowest BCUT2D eigenvalue weighted by Crippen LogP contribution is -2.40. The molecule has 0 aliphatic rings. The molecular weight excluding hydrogens is 309 g/mol. The molecule has 20 heavy (non-hydrogen) atoms. The lowest BCUT2D eigenvalue weighted by atomic mass is 10.1. The van der Waals surface area contributed by atoms with Crippen LogP contribution in [0, 0.1) is 0 Å². The first kappa shape index (κ1) is 18.0. The van der Waals surface area contributed by atoms with E-state index in [9.17, 15) is 0 Å². The molecule has 0 unspecified atom stereocenters. The highest BCUT2D eigenvalue weighted by Crippen LogP contribution is 2.38. The summed E-state index contributed by atoms with van der Waals surface area (Å²) in [5.74, 6) is 0. The van der Waals surface area contributed by atoms with Gasteiger partial charge in [0.1, 0.15) is 0 Å². The molecule has 0 amide bonds. The molecule has 1 aromatic rings. The fourth-order valence-corrected chi connectivity index (χ4v) is 2.97. The Morgan fingerprint density at radius 1 is 1.20 bits per heavy atom. The molecule has 5 heteroatoms. The van der Waals surface area contributed by atoms with Crippen LogP contribution in [0.1, 0.15) is 31.9 Å². The fraction of sp³-hybridized carbons (Fsp3) is 0.600. The first-order valence-corrected chi connectivity index (χ1v) is 10.6. The third-order valence-corrected chi connectivity index (χ3v) is 9.31. The van der Waals surface area contributed by atoms with Crippen LogP contribution in [0.4, 0.5) is 0 Å². The Morgan fingerprint density at radius 3 is 2.30 bits per heavy atom. The van der Waals surface area contributed by atoms with Crippen molar-refractivity contribution in [2.45, 2.75) is 51.9 Å². The molecule has 0 aromatic heterocycles. The Labute approximate surface area is 133 Å². The van der Waals surface area contributed by atoms with E-state index in [0.717, 1.165) is 17.5 Å². The highest BCUT2D eigenvalue weighted by Gasteiger charge is 2.37. The molecule has 114 valence electrons. The standard InChI is InChI=1S/C15H25Cl2NOSi/c1-15(2,3)20(4,5)19-10-12-8-11(6-7-18)9-13(16)14(12)17/h8-9H,6-7,10,18H2,1-5H3. The first-order valence-electron chi connectivity index (χ1n) is 6.89. The van der Waals surface area contributed by atoms with Crippen molar-refractivity contribution in [3.05, 3.63) is 33.3 Å². The summed E-state index contributed by atoms with van der Waals surface area (Å²) in [4.78, 5) is 0. The van der Waals surface area contributed by atoms with E-state index in [1.54, 1.807) is 0 Å². The lowest BCUT2D eigenvalue weighted by Gasteiger charge is -2.36. The van der Waals surface area contributed by atoms with Gasteiger partial charge in [-0.1, -0.05) is 50.0 Å². The smallest absolute Gasteiger partial charge is 0.192 e. The number of halogens is 2. The van der Waals surface area contributed by atoms with Gasteiger partial charge in [-0.2, -0.15) is 0 Å². The van der Waals surface area contributed by atoms with Crippen LogP contribution in [0.2, 0.25) is 28.2 Å². The molecule has 0 radical (unpaired) electrons. The zero-order valence-corrected chi connectivity index (χ0v) is 15.5. The fourth-order valence-electron chi connectivity index (χ4n) is 1.60. The highest BCUT2D eigenvalue weighted by molar-refractivity contribution is 6.74. The van der Waals surface area contributed by atoms with E-state index >= 15 is 0 Å². The predicted molar refractivity (Wildman–Crippen MR) is 91.2 cm³/mol. The van der Waals surface area contributed by atoms with Crippen molar-refractivity contribution in [3.8, 4) is 0 Å². The average Bonchev–Trinajstić information content (AvgIpc) is 2.30. The normalized spacial score (nSPS) is 12.8. The van der Waals surface area contributed by atoms with Gasteiger partial charge >= 0.3 is 0 Å². The summed E-state index contributed by atoms with van der Waals surface area (Å²) in [7, 11) is -1.79. The molecule has 0 atom stereocenters. The third kappa shape index (κ3) is 4.47. The van der Waals surface area contributed by atoms with E-state index in [1.165, 1.54) is 0 Å². The zero-order chi connectivity index (χ0) is 15.6. The summed E-state index contributed by atoms with van der Waals surface area (Å²) in [5, 5.41) is 1.34. The van der Waals surface area contributed by atoms with E-state index in [-0.39, 0.29) is 5.04 Å². The Morgan fingerprint density at radius 2 is 1.80 bits per heavy atom. The van der Waals surface area contributed by atoms with Crippen molar-refractivity contribution in [1.29, 1.82) is 0 Å². The average molecular weight is 334 g/mol. The Kier molecular flexibility index (Phi) is 6.11. The minimum Gasteiger partial charge on any atom is -0.413 e. The number of benzene rings is 1. The minimum absolute atomic E-state index is 0.179. The first-order chi connectivity index (χ1) is 9.08. The summed E-state index contributed by atoms with van der Waals surface area (Å²) in [6.45, 7) is 12.2. The van der Waals surface area contributed by atoms with Gasteiger partial charge in [-0.3, -0.25) is 0 Å². The number of nitrogens with two attached hydrogens (primary N) is 1. The monoisotopic (exact) mass is 333 g/mol. The zero-order valence-electron chi connectivity index (χ0n) is 13.0. The predicted octanol–water partition coefficient (Wildman–Crippen LogP) is 5.02. The van der Waals surface area contributed by atoms with Crippen molar-refractivity contribution < 1.29 is 4.43 Å². The van der Waals surface area contributed by atoms with Crippen LogP contribution in [0.15, 0.2) is 12.1 Å². The van der Waals surface area contributed by atoms with Gasteiger partial charge in [-0.05, 0) is 48.3 Å². The van der Waals surface area contributed by atoms with Crippen molar-refractivity contribution in [1.82, 2.24) is 0 Å². The molecule has 0 fully saturated rings. The Hall–Kier alpha value is -0.0631. The molecule has 2 nitrogen and oxygen atoms in total. The van der Waals surface area contributed by atoms with Gasteiger partial charge in [0.05, 0.1) is 16.7 Å². The molecule has 0 aliphatic carbocycles. The quantitative estimate of drug-likeness (QED) is 0.768. The molecule has 1 aromatic carbocycles. The van der Waals surface area contributed by atoms with Gasteiger partial charge in [-0.25, -0.2) is 0 Å². The van der Waals surface area contributed by atoms with Gasteiger partial charge in [0, 0.05) is 0 Å². The van der Waals surface area contributed by atoms with Crippen LogP contribution in [0.25, 0.3) is 0 Å². The van der Waals surface area contributed by atoms with Crippen LogP contribution < -0.4 is 5.73 Å². The molecular formula is C15H25Cl2NOSi. The SMILES string of the molecule is CC(C)(C)[Si](C)(C)OCc1cc(CCN)cc(Cl)c1Cl. The van der Waals surface area contributed by atoms with E-state index in [1.807, 2.05) is 12.1 Å². The second-order valence-corrected chi connectivity index (χ2v) is 12.2. The third-order valence-electron chi connectivity index (χ3n) is 3.99. The van der Waals surface area contributed by atoms with Crippen molar-refractivity contribution in [2.75, 3.05) is 6.54 Å². The van der Waals surface area contributed by atoms with Gasteiger partial charge in [0.15, 0.2) is 8.32 Å². The maximum absolute atomic E-state index is 6.28. The maximum Gasteiger partial charge on any atom is 0.192 e. The summed E-state index contributed by atoms with van der Waals surface area (Å²) < 4.78 is 6.21. The van der Waals surface area contributed by atoms with Gasteiger partial charge in [0.25, 0.3) is 0 Å². The molecule has 0 aliphatic heterocycles. The van der Waals surface area contributed by atoms with Crippen LogP contribution in [0.3, 0.4) is 0 Å².